The van der Waals surface area contributed by atoms with Crippen molar-refractivity contribution in [2.75, 3.05) is 0 Å². The molecule has 7 heteroatoms. The monoisotopic (exact) mass is 396 g/mol. The quantitative estimate of drug-likeness (QED) is 0.402. The van der Waals surface area contributed by atoms with Crippen molar-refractivity contribution in [3.8, 4) is 5.69 Å². The number of fused-ring (bicyclic) bond motifs is 1. The Bertz CT molecular complexity index is 1200. The third-order valence-corrected chi connectivity index (χ3v) is 5.83. The van der Waals surface area contributed by atoms with Crippen LogP contribution in [0.2, 0.25) is 5.02 Å². The van der Waals surface area contributed by atoms with E-state index < -0.39 is 0 Å². The lowest BCUT2D eigenvalue weighted by Gasteiger charge is -2.09. The molecule has 0 unspecified atom stereocenters. The van der Waals surface area contributed by atoms with E-state index in [0.29, 0.717) is 27.0 Å². The van der Waals surface area contributed by atoms with Crippen molar-refractivity contribution in [2.45, 2.75) is 24.8 Å². The van der Waals surface area contributed by atoms with Crippen molar-refractivity contribution < 1.29 is 0 Å². The topological polar surface area (TPSA) is 63.6 Å². The maximum absolute atomic E-state index is 12.5. The van der Waals surface area contributed by atoms with E-state index in [0.717, 1.165) is 22.4 Å². The molecule has 0 aliphatic carbocycles. The van der Waals surface area contributed by atoms with E-state index in [9.17, 15) is 4.79 Å². The number of hydrogen-bond donors (Lipinski definition) is 1. The second-order valence-electron chi connectivity index (χ2n) is 6.26. The normalized spacial score (nSPS) is 11.2. The minimum absolute atomic E-state index is 0.196. The number of aromatic nitrogens is 4. The summed E-state index contributed by atoms with van der Waals surface area (Å²) in [5.74, 6) is 0.617. The van der Waals surface area contributed by atoms with E-state index in [1.54, 1.807) is 10.9 Å². The molecular formula is C20H17ClN4OS. The van der Waals surface area contributed by atoms with Crippen LogP contribution in [0.1, 0.15) is 16.7 Å². The fourth-order valence-electron chi connectivity index (χ4n) is 2.87. The van der Waals surface area contributed by atoms with Gasteiger partial charge in [0.05, 0.1) is 11.9 Å². The van der Waals surface area contributed by atoms with Crippen LogP contribution < -0.4 is 5.56 Å². The Hall–Kier alpha value is -2.57. The van der Waals surface area contributed by atoms with Crippen molar-refractivity contribution in [3.63, 3.8) is 0 Å². The van der Waals surface area contributed by atoms with E-state index >= 15 is 0 Å². The predicted octanol–water partition coefficient (Wildman–Crippen LogP) is 4.67. The van der Waals surface area contributed by atoms with Gasteiger partial charge in [-0.1, -0.05) is 53.7 Å². The minimum atomic E-state index is -0.196. The Kier molecular flexibility index (Phi) is 4.76. The van der Waals surface area contributed by atoms with Gasteiger partial charge in [0.1, 0.15) is 5.39 Å². The molecular weight excluding hydrogens is 380 g/mol. The van der Waals surface area contributed by atoms with Crippen molar-refractivity contribution in [1.29, 1.82) is 0 Å². The Labute approximate surface area is 165 Å². The first-order valence-electron chi connectivity index (χ1n) is 8.45. The lowest BCUT2D eigenvalue weighted by atomic mass is 10.1. The van der Waals surface area contributed by atoms with Gasteiger partial charge in [-0.2, -0.15) is 5.10 Å². The molecule has 0 radical (unpaired) electrons. The molecule has 0 bridgehead atoms. The lowest BCUT2D eigenvalue weighted by Crippen LogP contribution is -2.10. The van der Waals surface area contributed by atoms with E-state index in [4.69, 9.17) is 11.6 Å². The van der Waals surface area contributed by atoms with E-state index in [1.807, 2.05) is 43.3 Å². The van der Waals surface area contributed by atoms with Gasteiger partial charge in [-0.3, -0.25) is 4.79 Å². The molecule has 27 heavy (non-hydrogen) atoms. The molecule has 136 valence electrons. The predicted molar refractivity (Wildman–Crippen MR) is 110 cm³/mol. The molecule has 0 spiro atoms. The number of hydrogen-bond acceptors (Lipinski definition) is 4. The van der Waals surface area contributed by atoms with Crippen molar-refractivity contribution >= 4 is 34.4 Å². The molecule has 0 saturated heterocycles. The highest BCUT2D eigenvalue weighted by Crippen LogP contribution is 2.26. The molecule has 5 nitrogen and oxygen atoms in total. The SMILES string of the molecule is Cc1cccc(-n2ncc3c(=O)[nH]c(SCc4ccccc4Cl)nc32)c1C. The summed E-state index contributed by atoms with van der Waals surface area (Å²) in [4.78, 5) is 20.0. The van der Waals surface area contributed by atoms with Gasteiger partial charge < -0.3 is 4.98 Å². The molecule has 0 aliphatic rings. The first-order chi connectivity index (χ1) is 13.0. The van der Waals surface area contributed by atoms with Gasteiger partial charge in [-0.15, -0.1) is 0 Å². The summed E-state index contributed by atoms with van der Waals surface area (Å²) in [6.45, 7) is 4.09. The highest BCUT2D eigenvalue weighted by Gasteiger charge is 2.14. The highest BCUT2D eigenvalue weighted by molar-refractivity contribution is 7.98. The molecule has 1 N–H and O–H groups in total. The number of rotatable bonds is 4. The van der Waals surface area contributed by atoms with Crippen molar-refractivity contribution in [3.05, 3.63) is 80.7 Å². The minimum Gasteiger partial charge on any atom is -0.301 e. The van der Waals surface area contributed by atoms with Crippen LogP contribution in [0.3, 0.4) is 0 Å². The fraction of sp³-hybridized carbons (Fsp3) is 0.150. The standard InChI is InChI=1S/C20H17ClN4OS/c1-12-6-5-9-17(13(12)2)25-18-15(10-22-25)19(26)24-20(23-18)27-11-14-7-3-4-8-16(14)21/h3-10H,11H2,1-2H3,(H,23,24,26). The van der Waals surface area contributed by atoms with Crippen LogP contribution in [0, 0.1) is 13.8 Å². The number of nitrogens with one attached hydrogen (secondary N) is 1. The van der Waals surface area contributed by atoms with E-state index in [-0.39, 0.29) is 5.56 Å². The number of aryl methyl sites for hydroxylation is 1. The average Bonchev–Trinajstić information content (AvgIpc) is 3.08. The molecule has 4 aromatic rings. The van der Waals surface area contributed by atoms with Gasteiger partial charge in [0.15, 0.2) is 10.8 Å². The maximum Gasteiger partial charge on any atom is 0.262 e. The zero-order valence-electron chi connectivity index (χ0n) is 14.9. The summed E-state index contributed by atoms with van der Waals surface area (Å²) < 4.78 is 1.73. The largest absolute Gasteiger partial charge is 0.301 e. The molecule has 0 saturated carbocycles. The highest BCUT2D eigenvalue weighted by atomic mass is 35.5. The van der Waals surface area contributed by atoms with Crippen LogP contribution in [0.15, 0.2) is 58.6 Å². The van der Waals surface area contributed by atoms with Crippen LogP contribution in [0.25, 0.3) is 16.7 Å². The van der Waals surface area contributed by atoms with Crippen LogP contribution in [-0.2, 0) is 5.75 Å². The summed E-state index contributed by atoms with van der Waals surface area (Å²) in [5, 5.41) is 6.12. The molecule has 0 atom stereocenters. The van der Waals surface area contributed by atoms with Crippen LogP contribution in [0.4, 0.5) is 0 Å². The number of halogens is 1. The molecule has 2 aromatic carbocycles. The average molecular weight is 397 g/mol. The van der Waals surface area contributed by atoms with Gasteiger partial charge >= 0.3 is 0 Å². The summed E-state index contributed by atoms with van der Waals surface area (Å²) in [5.41, 5.74) is 4.54. The third kappa shape index (κ3) is 3.38. The smallest absolute Gasteiger partial charge is 0.262 e. The third-order valence-electron chi connectivity index (χ3n) is 4.54. The van der Waals surface area contributed by atoms with Crippen molar-refractivity contribution in [2.24, 2.45) is 0 Å². The number of thioether (sulfide) groups is 1. The maximum atomic E-state index is 12.5. The van der Waals surface area contributed by atoms with Gasteiger partial charge in [0.2, 0.25) is 0 Å². The molecule has 0 fully saturated rings. The van der Waals surface area contributed by atoms with Crippen molar-refractivity contribution in [1.82, 2.24) is 19.7 Å². The van der Waals surface area contributed by atoms with Crippen LogP contribution in [0.5, 0.6) is 0 Å². The van der Waals surface area contributed by atoms with Crippen LogP contribution >= 0.6 is 23.4 Å². The molecule has 2 heterocycles. The Balaban J connectivity index is 1.75. The van der Waals surface area contributed by atoms with Gasteiger partial charge in [-0.25, -0.2) is 9.67 Å². The van der Waals surface area contributed by atoms with Gasteiger partial charge in [-0.05, 0) is 42.7 Å². The van der Waals surface area contributed by atoms with E-state index in [1.165, 1.54) is 11.8 Å². The second kappa shape index (κ2) is 7.21. The first kappa shape index (κ1) is 17.8. The number of aromatic amines is 1. The zero-order chi connectivity index (χ0) is 19.0. The van der Waals surface area contributed by atoms with E-state index in [2.05, 4.69) is 28.1 Å². The fourth-order valence-corrected chi connectivity index (χ4v) is 4.01. The number of benzene rings is 2. The zero-order valence-corrected chi connectivity index (χ0v) is 16.4. The summed E-state index contributed by atoms with van der Waals surface area (Å²) in [6.07, 6.45) is 1.56. The summed E-state index contributed by atoms with van der Waals surface area (Å²) in [7, 11) is 0. The number of H-pyrrole nitrogens is 1. The molecule has 0 amide bonds. The lowest BCUT2D eigenvalue weighted by molar-refractivity contribution is 0.865. The Morgan fingerprint density at radius 1 is 1.15 bits per heavy atom. The second-order valence-corrected chi connectivity index (χ2v) is 7.64. The molecule has 4 rings (SSSR count). The Morgan fingerprint density at radius 3 is 2.78 bits per heavy atom. The molecule has 0 aliphatic heterocycles. The van der Waals surface area contributed by atoms with Gasteiger partial charge in [0.25, 0.3) is 5.56 Å². The van der Waals surface area contributed by atoms with Crippen LogP contribution in [-0.4, -0.2) is 19.7 Å². The Morgan fingerprint density at radius 2 is 1.96 bits per heavy atom. The molecule has 2 aromatic heterocycles. The number of nitrogens with zero attached hydrogens (tertiary/aromatic N) is 3. The van der Waals surface area contributed by atoms with Gasteiger partial charge in [0, 0.05) is 10.8 Å². The summed E-state index contributed by atoms with van der Waals surface area (Å²) >= 11 is 7.66. The summed E-state index contributed by atoms with van der Waals surface area (Å²) in [6, 6.07) is 13.7. The first-order valence-corrected chi connectivity index (χ1v) is 9.82.